The third-order valence-corrected chi connectivity index (χ3v) is 5.23. The highest BCUT2D eigenvalue weighted by Crippen LogP contribution is 2.37. The van der Waals surface area contributed by atoms with Crippen molar-refractivity contribution in [1.29, 1.82) is 0 Å². The Labute approximate surface area is 157 Å². The third-order valence-electron chi connectivity index (χ3n) is 3.86. The quantitative estimate of drug-likeness (QED) is 0.602. The average Bonchev–Trinajstić information content (AvgIpc) is 3.06. The Kier molecular flexibility index (Phi) is 4.08. The molecule has 0 unspecified atom stereocenters. The van der Waals surface area contributed by atoms with Crippen molar-refractivity contribution in [1.82, 2.24) is 14.8 Å². The van der Waals surface area contributed by atoms with E-state index in [0.29, 0.717) is 16.0 Å². The fourth-order valence-electron chi connectivity index (χ4n) is 2.70. The lowest BCUT2D eigenvalue weighted by atomic mass is 10.0. The summed E-state index contributed by atoms with van der Waals surface area (Å²) in [6.45, 7) is 0. The van der Waals surface area contributed by atoms with Gasteiger partial charge in [0.1, 0.15) is 12.4 Å². The van der Waals surface area contributed by atoms with E-state index in [1.54, 1.807) is 10.7 Å². The summed E-state index contributed by atoms with van der Waals surface area (Å²) in [5.74, 6) is 0.663. The number of anilines is 1. The number of nitrogens with zero attached hydrogens (tertiary/aromatic N) is 3. The topological polar surface area (TPSA) is 42.7 Å². The van der Waals surface area contributed by atoms with E-state index >= 15 is 0 Å². The highest BCUT2D eigenvalue weighted by Gasteiger charge is 2.25. The van der Waals surface area contributed by atoms with E-state index in [1.807, 2.05) is 36.4 Å². The molecule has 0 saturated carbocycles. The lowest BCUT2D eigenvalue weighted by Crippen LogP contribution is -2.20. The summed E-state index contributed by atoms with van der Waals surface area (Å²) >= 11 is 16.1. The minimum Gasteiger partial charge on any atom is -0.324 e. The van der Waals surface area contributed by atoms with Crippen molar-refractivity contribution in [2.75, 3.05) is 5.32 Å². The van der Waals surface area contributed by atoms with Gasteiger partial charge in [-0.15, -0.1) is 0 Å². The lowest BCUT2D eigenvalue weighted by molar-refractivity contribution is 0.612. The smallest absolute Gasteiger partial charge is 0.226 e. The molecule has 0 spiro atoms. The molecule has 2 aromatic carbocycles. The van der Waals surface area contributed by atoms with Crippen LogP contribution in [0.1, 0.15) is 17.2 Å². The van der Waals surface area contributed by atoms with E-state index in [-0.39, 0.29) is 6.04 Å². The van der Waals surface area contributed by atoms with Gasteiger partial charge in [-0.05, 0) is 29.8 Å². The Morgan fingerprint density at radius 2 is 1.88 bits per heavy atom. The molecule has 1 aromatic heterocycles. The van der Waals surface area contributed by atoms with Gasteiger partial charge in [0.15, 0.2) is 0 Å². The van der Waals surface area contributed by atoms with Crippen molar-refractivity contribution in [2.24, 2.45) is 0 Å². The number of nitrogens with one attached hydrogen (secondary N) is 1. The third kappa shape index (κ3) is 2.73. The first-order valence-corrected chi connectivity index (χ1v) is 8.76. The highest BCUT2D eigenvalue weighted by molar-refractivity contribution is 9.10. The zero-order valence-electron chi connectivity index (χ0n) is 12.2. The number of allylic oxidation sites excluding steroid dienone is 1. The van der Waals surface area contributed by atoms with E-state index in [4.69, 9.17) is 23.2 Å². The Hall–Kier alpha value is -1.82. The van der Waals surface area contributed by atoms with E-state index < -0.39 is 0 Å². The fourth-order valence-corrected chi connectivity index (χ4v) is 3.39. The first-order valence-electron chi connectivity index (χ1n) is 7.21. The molecule has 0 amide bonds. The van der Waals surface area contributed by atoms with E-state index in [9.17, 15) is 0 Å². The molecule has 24 heavy (non-hydrogen) atoms. The molecular weight excluding hydrogens is 411 g/mol. The van der Waals surface area contributed by atoms with Crippen molar-refractivity contribution in [3.05, 3.63) is 80.5 Å². The van der Waals surface area contributed by atoms with Gasteiger partial charge in [0.05, 0.1) is 10.0 Å². The van der Waals surface area contributed by atoms with Gasteiger partial charge in [-0.2, -0.15) is 10.1 Å². The summed E-state index contributed by atoms with van der Waals surface area (Å²) in [6.07, 6.45) is 3.59. The van der Waals surface area contributed by atoms with Gasteiger partial charge in [-0.1, -0.05) is 63.4 Å². The fraction of sp³-hybridized carbons (Fsp3) is 0.0588. The molecule has 1 N–H and O–H groups in total. The number of hydrogen-bond donors (Lipinski definition) is 1. The van der Waals surface area contributed by atoms with Crippen molar-refractivity contribution in [2.45, 2.75) is 6.04 Å². The largest absolute Gasteiger partial charge is 0.324 e. The van der Waals surface area contributed by atoms with Gasteiger partial charge < -0.3 is 5.32 Å². The molecule has 0 bridgehead atoms. The Balaban J connectivity index is 1.85. The summed E-state index contributed by atoms with van der Waals surface area (Å²) in [7, 11) is 0. The second-order valence-electron chi connectivity index (χ2n) is 5.33. The van der Waals surface area contributed by atoms with Crippen LogP contribution in [0, 0.1) is 0 Å². The average molecular weight is 422 g/mol. The van der Waals surface area contributed by atoms with Gasteiger partial charge in [0.25, 0.3) is 0 Å². The van der Waals surface area contributed by atoms with E-state index in [0.717, 1.165) is 21.3 Å². The summed E-state index contributed by atoms with van der Waals surface area (Å²) in [5.41, 5.74) is 2.88. The molecule has 1 aliphatic heterocycles. The predicted molar refractivity (Wildman–Crippen MR) is 100 cm³/mol. The maximum absolute atomic E-state index is 6.43. The van der Waals surface area contributed by atoms with Crippen LogP contribution in [0.2, 0.25) is 10.0 Å². The van der Waals surface area contributed by atoms with Crippen LogP contribution in [0.3, 0.4) is 0 Å². The molecule has 0 radical (unpaired) electrons. The first kappa shape index (κ1) is 15.7. The van der Waals surface area contributed by atoms with E-state index in [1.165, 1.54) is 6.33 Å². The minimum atomic E-state index is -0.186. The van der Waals surface area contributed by atoms with Crippen LogP contribution >= 0.6 is 39.1 Å². The molecule has 4 nitrogen and oxygen atoms in total. The molecule has 1 atom stereocenters. The van der Waals surface area contributed by atoms with Crippen molar-refractivity contribution >= 4 is 50.8 Å². The van der Waals surface area contributed by atoms with Crippen LogP contribution in [0.4, 0.5) is 5.95 Å². The number of fused-ring (bicyclic) bond motifs is 1. The zero-order valence-corrected chi connectivity index (χ0v) is 15.3. The summed E-state index contributed by atoms with van der Waals surface area (Å²) in [5, 5.41) is 8.67. The van der Waals surface area contributed by atoms with Gasteiger partial charge >= 0.3 is 0 Å². The molecule has 7 heteroatoms. The van der Waals surface area contributed by atoms with Crippen LogP contribution in [-0.2, 0) is 0 Å². The molecule has 4 rings (SSSR count). The lowest BCUT2D eigenvalue weighted by Gasteiger charge is -2.25. The zero-order chi connectivity index (χ0) is 16.7. The monoisotopic (exact) mass is 420 g/mol. The minimum absolute atomic E-state index is 0.186. The number of rotatable bonds is 2. The van der Waals surface area contributed by atoms with Crippen LogP contribution in [0.25, 0.3) is 5.70 Å². The van der Waals surface area contributed by atoms with Crippen molar-refractivity contribution < 1.29 is 0 Å². The molecule has 0 saturated heterocycles. The summed E-state index contributed by atoms with van der Waals surface area (Å²) in [4.78, 5) is 4.29. The molecule has 3 aromatic rings. The standard InChI is InChI=1S/C17H11BrCl2N4/c18-11-6-4-10(5-7-11)14-8-15(24-17(23-14)21-9-22-24)12-2-1-3-13(19)16(12)20/h1-9,15H,(H,21,22,23)/t15-/m0/s1. The van der Waals surface area contributed by atoms with Gasteiger partial charge in [-0.3, -0.25) is 0 Å². The number of benzene rings is 2. The predicted octanol–water partition coefficient (Wildman–Crippen LogP) is 5.40. The first-order chi connectivity index (χ1) is 11.6. The van der Waals surface area contributed by atoms with Gasteiger partial charge in [-0.25, -0.2) is 4.68 Å². The second kappa shape index (κ2) is 6.24. The number of hydrogen-bond acceptors (Lipinski definition) is 3. The normalized spacial score (nSPS) is 16.3. The second-order valence-corrected chi connectivity index (χ2v) is 7.03. The molecular formula is C17H11BrCl2N4. The maximum Gasteiger partial charge on any atom is 0.226 e. The molecule has 0 aliphatic carbocycles. The van der Waals surface area contributed by atoms with Crippen LogP contribution in [0.15, 0.2) is 59.3 Å². The van der Waals surface area contributed by atoms with Gasteiger partial charge in [0.2, 0.25) is 5.95 Å². The van der Waals surface area contributed by atoms with Crippen LogP contribution < -0.4 is 5.32 Å². The Morgan fingerprint density at radius 3 is 2.67 bits per heavy atom. The summed E-state index contributed by atoms with van der Waals surface area (Å²) in [6, 6.07) is 13.5. The molecule has 1 aliphatic rings. The van der Waals surface area contributed by atoms with Crippen LogP contribution in [0.5, 0.6) is 0 Å². The van der Waals surface area contributed by atoms with E-state index in [2.05, 4.69) is 37.4 Å². The molecule has 2 heterocycles. The SMILES string of the molecule is Clc1cccc([C@@H]2C=C(c3ccc(Br)cc3)Nc3ncnn32)c1Cl. The summed E-state index contributed by atoms with van der Waals surface area (Å²) < 4.78 is 2.82. The van der Waals surface area contributed by atoms with Gasteiger partial charge in [0, 0.05) is 15.7 Å². The molecule has 120 valence electrons. The highest BCUT2D eigenvalue weighted by atomic mass is 79.9. The van der Waals surface area contributed by atoms with Crippen LogP contribution in [-0.4, -0.2) is 14.8 Å². The maximum atomic E-state index is 6.43. The Bertz CT molecular complexity index is 934. The number of halogens is 3. The number of aromatic nitrogens is 3. The van der Waals surface area contributed by atoms with Crippen molar-refractivity contribution in [3.8, 4) is 0 Å². The molecule has 0 fully saturated rings. The Morgan fingerprint density at radius 1 is 1.08 bits per heavy atom. The van der Waals surface area contributed by atoms with Crippen molar-refractivity contribution in [3.63, 3.8) is 0 Å².